The van der Waals surface area contributed by atoms with Gasteiger partial charge in [0, 0.05) is 6.42 Å². The molecule has 0 aliphatic rings. The maximum atomic E-state index is 13.0. The van der Waals surface area contributed by atoms with Crippen LogP contribution < -0.4 is 5.32 Å². The summed E-state index contributed by atoms with van der Waals surface area (Å²) in [7, 11) is 1.58. The van der Waals surface area contributed by atoms with Crippen LogP contribution >= 0.6 is 7.82 Å². The summed E-state index contributed by atoms with van der Waals surface area (Å²) < 4.78 is 23.7. The van der Waals surface area contributed by atoms with E-state index < -0.39 is 20.0 Å². The molecule has 8 nitrogen and oxygen atoms in total. The van der Waals surface area contributed by atoms with Crippen molar-refractivity contribution in [3.63, 3.8) is 0 Å². The van der Waals surface area contributed by atoms with Crippen LogP contribution in [-0.4, -0.2) is 73.4 Å². The number of aliphatic hydroxyl groups excluding tert-OH is 1. The van der Waals surface area contributed by atoms with E-state index in [1.165, 1.54) is 218 Å². The number of aliphatic hydroxyl groups is 1. The summed E-state index contributed by atoms with van der Waals surface area (Å²) in [6.45, 7) is 4.85. The van der Waals surface area contributed by atoms with Gasteiger partial charge >= 0.3 is 7.82 Å². The zero-order chi connectivity index (χ0) is 47.8. The molecule has 386 valence electrons. The predicted octanol–water partition coefficient (Wildman–Crippen LogP) is 16.8. The van der Waals surface area contributed by atoms with Crippen molar-refractivity contribution in [1.29, 1.82) is 0 Å². The molecule has 0 aromatic carbocycles. The van der Waals surface area contributed by atoms with Crippen LogP contribution in [0.25, 0.3) is 0 Å². The van der Waals surface area contributed by atoms with Crippen molar-refractivity contribution in [2.45, 2.75) is 289 Å². The minimum Gasteiger partial charge on any atom is -0.387 e. The first kappa shape index (κ1) is 64.0. The highest BCUT2D eigenvalue weighted by Gasteiger charge is 2.27. The van der Waals surface area contributed by atoms with Gasteiger partial charge in [-0.2, -0.15) is 0 Å². The lowest BCUT2D eigenvalue weighted by atomic mass is 10.0. The lowest BCUT2D eigenvalue weighted by Crippen LogP contribution is -2.45. The lowest BCUT2D eigenvalue weighted by molar-refractivity contribution is -0.870. The van der Waals surface area contributed by atoms with Gasteiger partial charge in [0.15, 0.2) is 0 Å². The van der Waals surface area contributed by atoms with Gasteiger partial charge in [0.25, 0.3) is 0 Å². The van der Waals surface area contributed by atoms with Crippen molar-refractivity contribution in [2.75, 3.05) is 40.9 Å². The zero-order valence-electron chi connectivity index (χ0n) is 44.0. The smallest absolute Gasteiger partial charge is 0.387 e. The monoisotopic (exact) mass is 940 g/mol. The maximum Gasteiger partial charge on any atom is 0.472 e. The Balaban J connectivity index is 4.14. The molecule has 0 bridgehead atoms. The Morgan fingerprint density at radius 1 is 0.508 bits per heavy atom. The number of carbonyl (C=O) groups excluding carboxylic acids is 1. The molecular weight excluding hydrogens is 828 g/mol. The van der Waals surface area contributed by atoms with Crippen molar-refractivity contribution in [2.24, 2.45) is 0 Å². The fourth-order valence-electron chi connectivity index (χ4n) is 8.45. The van der Waals surface area contributed by atoms with Crippen LogP contribution in [0, 0.1) is 0 Å². The van der Waals surface area contributed by atoms with Crippen LogP contribution in [0.3, 0.4) is 0 Å². The summed E-state index contributed by atoms with van der Waals surface area (Å²) in [5, 5.41) is 13.9. The molecule has 9 heteroatoms. The van der Waals surface area contributed by atoms with Crippen LogP contribution in [0.1, 0.15) is 277 Å². The second-order valence-electron chi connectivity index (χ2n) is 20.7. The Morgan fingerprint density at radius 3 is 1.18 bits per heavy atom. The van der Waals surface area contributed by atoms with Crippen molar-refractivity contribution in [3.8, 4) is 0 Å². The Labute approximate surface area is 404 Å². The summed E-state index contributed by atoms with van der Waals surface area (Å²) in [6, 6.07) is -0.843. The normalized spacial score (nSPS) is 14.1. The number of rotatable bonds is 52. The van der Waals surface area contributed by atoms with Gasteiger partial charge in [0.2, 0.25) is 5.91 Å². The molecule has 0 saturated heterocycles. The molecule has 0 radical (unpaired) electrons. The number of allylic oxidation sites excluding steroid dienone is 3. The number of unbranched alkanes of at least 4 members (excludes halogenated alkanes) is 37. The highest BCUT2D eigenvalue weighted by molar-refractivity contribution is 7.47. The summed E-state index contributed by atoms with van der Waals surface area (Å²) in [5.74, 6) is -0.173. The molecule has 3 N–H and O–H groups in total. The lowest BCUT2D eigenvalue weighted by Gasteiger charge is -2.25. The van der Waals surface area contributed by atoms with Crippen LogP contribution in [0.2, 0.25) is 0 Å². The highest BCUT2D eigenvalue weighted by atomic mass is 31.2. The number of phosphoric ester groups is 1. The topological polar surface area (TPSA) is 105 Å². The summed E-state index contributed by atoms with van der Waals surface area (Å²) in [4.78, 5) is 23.3. The molecule has 0 fully saturated rings. The van der Waals surface area contributed by atoms with Gasteiger partial charge in [0.1, 0.15) is 13.2 Å². The fraction of sp³-hybridized carbons (Fsp3) is 0.911. The van der Waals surface area contributed by atoms with Crippen LogP contribution in [0.15, 0.2) is 24.3 Å². The van der Waals surface area contributed by atoms with E-state index in [0.717, 1.165) is 38.5 Å². The first-order valence-corrected chi connectivity index (χ1v) is 29.7. The Kier molecular flexibility index (Phi) is 47.3. The van der Waals surface area contributed by atoms with E-state index in [2.05, 4.69) is 31.3 Å². The standard InChI is InChI=1S/C56H111N2O6P/c1-6-8-10-12-14-16-18-20-22-24-25-26-27-28-29-30-31-32-33-34-36-38-40-42-44-46-48-50-56(60)57-54(53-64-65(61,62)63-52-51-58(3,4)5)55(59)49-47-45-43-41-39-37-35-23-21-19-17-15-13-11-9-7-2/h24-25,47,49,54-55,59H,6-23,26-46,48,50-53H2,1-5H3,(H-,57,60,61,62)/p+1/b25-24-,49-47+. The van der Waals surface area contributed by atoms with Crippen molar-refractivity contribution in [1.82, 2.24) is 5.32 Å². The molecule has 0 aromatic rings. The zero-order valence-corrected chi connectivity index (χ0v) is 44.9. The average Bonchev–Trinajstić information content (AvgIpc) is 3.26. The Bertz CT molecular complexity index is 1110. The number of likely N-dealkylation sites (N-methyl/N-ethyl adjacent to an activating group) is 1. The highest BCUT2D eigenvalue weighted by Crippen LogP contribution is 2.43. The van der Waals surface area contributed by atoms with Crippen LogP contribution in [0.4, 0.5) is 0 Å². The second-order valence-corrected chi connectivity index (χ2v) is 22.1. The molecule has 0 aliphatic carbocycles. The van der Waals surface area contributed by atoms with Gasteiger partial charge in [-0.15, -0.1) is 0 Å². The van der Waals surface area contributed by atoms with Crippen LogP contribution in [0.5, 0.6) is 0 Å². The van der Waals surface area contributed by atoms with Gasteiger partial charge < -0.3 is 19.8 Å². The van der Waals surface area contributed by atoms with Crippen molar-refractivity contribution >= 4 is 13.7 Å². The largest absolute Gasteiger partial charge is 0.472 e. The third kappa shape index (κ3) is 50.7. The Hall–Kier alpha value is -1.02. The summed E-state index contributed by atoms with van der Waals surface area (Å²) in [6.07, 6.45) is 59.9. The average molecular weight is 940 g/mol. The van der Waals surface area contributed by atoms with Gasteiger partial charge in [-0.3, -0.25) is 13.8 Å². The molecule has 0 saturated carbocycles. The molecule has 0 rings (SSSR count). The van der Waals surface area contributed by atoms with Gasteiger partial charge in [-0.1, -0.05) is 250 Å². The minimum absolute atomic E-state index is 0.0636. The first-order valence-electron chi connectivity index (χ1n) is 28.2. The molecular formula is C56H112N2O6P+. The third-order valence-electron chi connectivity index (χ3n) is 12.9. The number of amides is 1. The molecule has 0 aromatic heterocycles. The minimum atomic E-state index is -4.34. The van der Waals surface area contributed by atoms with Crippen molar-refractivity contribution in [3.05, 3.63) is 24.3 Å². The molecule has 65 heavy (non-hydrogen) atoms. The third-order valence-corrected chi connectivity index (χ3v) is 13.9. The van der Waals surface area contributed by atoms with E-state index in [0.29, 0.717) is 17.4 Å². The van der Waals surface area contributed by atoms with Gasteiger partial charge in [-0.05, 0) is 44.9 Å². The molecule has 0 heterocycles. The quantitative estimate of drug-likeness (QED) is 0.0243. The van der Waals surface area contributed by atoms with E-state index in [9.17, 15) is 19.4 Å². The van der Waals surface area contributed by atoms with Gasteiger partial charge in [0.05, 0.1) is 39.9 Å². The number of phosphoric acid groups is 1. The number of hydrogen-bond donors (Lipinski definition) is 3. The molecule has 3 unspecified atom stereocenters. The van der Waals surface area contributed by atoms with E-state index in [4.69, 9.17) is 9.05 Å². The summed E-state index contributed by atoms with van der Waals surface area (Å²) in [5.41, 5.74) is 0. The van der Waals surface area contributed by atoms with E-state index in [1.807, 2.05) is 27.2 Å². The van der Waals surface area contributed by atoms with E-state index >= 15 is 0 Å². The van der Waals surface area contributed by atoms with Crippen LogP contribution in [-0.2, 0) is 18.4 Å². The molecule has 0 spiro atoms. The number of nitrogens with zero attached hydrogens (tertiary/aromatic N) is 1. The first-order chi connectivity index (χ1) is 31.5. The molecule has 3 atom stereocenters. The number of carbonyl (C=O) groups is 1. The SMILES string of the molecule is CCCCCCCCCC/C=C\CCCCCCCCCCCCCCCCCC(=O)NC(COP(=O)(O)OCC[N+](C)(C)C)C(O)/C=C/CCCCCCCCCCCCCCCC. The van der Waals surface area contributed by atoms with Crippen molar-refractivity contribution < 1.29 is 32.9 Å². The predicted molar refractivity (Wildman–Crippen MR) is 281 cm³/mol. The van der Waals surface area contributed by atoms with Gasteiger partial charge in [-0.25, -0.2) is 4.57 Å². The number of hydrogen-bond acceptors (Lipinski definition) is 5. The molecule has 1 amide bonds. The summed E-state index contributed by atoms with van der Waals surface area (Å²) >= 11 is 0. The Morgan fingerprint density at radius 2 is 0.831 bits per heavy atom. The number of quaternary nitrogens is 1. The maximum absolute atomic E-state index is 13.0. The van der Waals surface area contributed by atoms with E-state index in [1.54, 1.807) is 6.08 Å². The number of nitrogens with one attached hydrogen (secondary N) is 1. The fourth-order valence-corrected chi connectivity index (χ4v) is 9.19. The van der Waals surface area contributed by atoms with E-state index in [-0.39, 0.29) is 19.1 Å². The second kappa shape index (κ2) is 48.0. The molecule has 0 aliphatic heterocycles.